The second-order valence-corrected chi connectivity index (χ2v) is 9.72. The molecule has 3 rings (SSSR count). The maximum Gasteiger partial charge on any atom is 0.264 e. The number of carbonyl (C=O) groups excluding carboxylic acids is 1. The Morgan fingerprint density at radius 3 is 2.23 bits per heavy atom. The molecule has 0 atom stereocenters. The highest BCUT2D eigenvalue weighted by Crippen LogP contribution is 2.27. The van der Waals surface area contributed by atoms with E-state index in [0.717, 1.165) is 21.9 Å². The lowest BCUT2D eigenvalue weighted by Crippen LogP contribution is -2.38. The molecule has 3 aromatic rings. The van der Waals surface area contributed by atoms with E-state index in [1.54, 1.807) is 36.4 Å². The van der Waals surface area contributed by atoms with Crippen LogP contribution < -0.4 is 9.62 Å². The van der Waals surface area contributed by atoms with Gasteiger partial charge in [-0.3, -0.25) is 9.10 Å². The van der Waals surface area contributed by atoms with Crippen LogP contribution in [0.2, 0.25) is 10.0 Å². The van der Waals surface area contributed by atoms with Gasteiger partial charge in [0.05, 0.1) is 21.3 Å². The van der Waals surface area contributed by atoms with E-state index in [2.05, 4.69) is 5.32 Å². The normalized spacial score (nSPS) is 11.2. The number of amides is 1. The molecule has 0 aliphatic rings. The summed E-state index contributed by atoms with van der Waals surface area (Å²) in [5.74, 6) is -0.542. The van der Waals surface area contributed by atoms with Crippen molar-refractivity contribution in [3.63, 3.8) is 0 Å². The van der Waals surface area contributed by atoms with E-state index in [9.17, 15) is 13.2 Å². The Hall–Kier alpha value is -2.54. The van der Waals surface area contributed by atoms with Gasteiger partial charge in [-0.05, 0) is 61.4 Å². The molecule has 1 N–H and O–H groups in total. The summed E-state index contributed by atoms with van der Waals surface area (Å²) in [6.07, 6.45) is 0.818. The number of nitrogens with one attached hydrogen (secondary N) is 1. The van der Waals surface area contributed by atoms with Crippen LogP contribution >= 0.6 is 23.2 Å². The average Bonchev–Trinajstić information content (AvgIpc) is 2.75. The van der Waals surface area contributed by atoms with Crippen LogP contribution in [0.5, 0.6) is 0 Å². The Kier molecular flexibility index (Phi) is 7.26. The van der Waals surface area contributed by atoms with Crippen LogP contribution in [0.15, 0.2) is 71.6 Å². The molecule has 0 aliphatic carbocycles. The van der Waals surface area contributed by atoms with Crippen LogP contribution in [0.4, 0.5) is 11.4 Å². The zero-order valence-corrected chi connectivity index (χ0v) is 19.4. The highest BCUT2D eigenvalue weighted by atomic mass is 35.5. The van der Waals surface area contributed by atoms with Crippen molar-refractivity contribution in [1.29, 1.82) is 0 Å². The van der Waals surface area contributed by atoms with Crippen molar-refractivity contribution in [3.05, 3.63) is 87.9 Å². The first-order valence-corrected chi connectivity index (χ1v) is 11.8. The van der Waals surface area contributed by atoms with Gasteiger partial charge in [-0.25, -0.2) is 8.42 Å². The van der Waals surface area contributed by atoms with Gasteiger partial charge in [0.15, 0.2) is 0 Å². The summed E-state index contributed by atoms with van der Waals surface area (Å²) >= 11 is 12.1. The molecular formula is C23H22Cl2N2O3S. The Balaban J connectivity index is 1.96. The number of benzene rings is 3. The lowest BCUT2D eigenvalue weighted by Gasteiger charge is -2.24. The molecule has 5 nitrogen and oxygen atoms in total. The maximum absolute atomic E-state index is 13.4. The Morgan fingerprint density at radius 1 is 0.968 bits per heavy atom. The van der Waals surface area contributed by atoms with Crippen LogP contribution in [0, 0.1) is 6.92 Å². The van der Waals surface area contributed by atoms with Crippen molar-refractivity contribution >= 4 is 50.5 Å². The van der Waals surface area contributed by atoms with Gasteiger partial charge in [0.25, 0.3) is 10.0 Å². The number of rotatable bonds is 7. The third kappa shape index (κ3) is 5.58. The number of halogens is 2. The minimum absolute atomic E-state index is 0.103. The van der Waals surface area contributed by atoms with Gasteiger partial charge in [-0.1, -0.05) is 60.0 Å². The molecule has 0 saturated carbocycles. The predicted molar refractivity (Wildman–Crippen MR) is 127 cm³/mol. The van der Waals surface area contributed by atoms with E-state index in [-0.39, 0.29) is 4.90 Å². The summed E-state index contributed by atoms with van der Waals surface area (Å²) in [7, 11) is -3.98. The van der Waals surface area contributed by atoms with E-state index >= 15 is 0 Å². The second-order valence-electron chi connectivity index (χ2n) is 7.02. The zero-order valence-electron chi connectivity index (χ0n) is 17.1. The maximum atomic E-state index is 13.4. The molecule has 0 aliphatic heterocycles. The third-order valence-electron chi connectivity index (χ3n) is 4.73. The van der Waals surface area contributed by atoms with Gasteiger partial charge in [0.1, 0.15) is 6.54 Å². The van der Waals surface area contributed by atoms with Crippen molar-refractivity contribution in [2.45, 2.75) is 25.2 Å². The molecule has 0 aromatic heterocycles. The molecule has 8 heteroatoms. The van der Waals surface area contributed by atoms with Crippen molar-refractivity contribution in [2.24, 2.45) is 0 Å². The molecule has 0 bridgehead atoms. The zero-order chi connectivity index (χ0) is 22.6. The molecular weight excluding hydrogens is 455 g/mol. The van der Waals surface area contributed by atoms with E-state index in [1.165, 1.54) is 18.2 Å². The van der Waals surface area contributed by atoms with Gasteiger partial charge in [0.2, 0.25) is 5.91 Å². The SMILES string of the molecule is CCc1ccc(N(CC(=O)Nc2cc(Cl)ccc2Cl)S(=O)(=O)c2ccc(C)cc2)cc1. The Morgan fingerprint density at radius 2 is 1.61 bits per heavy atom. The van der Waals surface area contributed by atoms with Gasteiger partial charge in [-0.15, -0.1) is 0 Å². The summed E-state index contributed by atoms with van der Waals surface area (Å²) < 4.78 is 27.9. The topological polar surface area (TPSA) is 66.5 Å². The number of hydrogen-bond donors (Lipinski definition) is 1. The standard InChI is InChI=1S/C23H22Cl2N2O3S/c1-3-17-6-9-19(10-7-17)27(31(29,30)20-11-4-16(2)5-12-20)15-23(28)26-22-14-18(24)8-13-21(22)25/h4-14H,3,15H2,1-2H3,(H,26,28). The van der Waals surface area contributed by atoms with Crippen LogP contribution in [0.3, 0.4) is 0 Å². The smallest absolute Gasteiger partial charge is 0.264 e. The van der Waals surface area contributed by atoms with Crippen LogP contribution in [-0.4, -0.2) is 20.9 Å². The third-order valence-corrected chi connectivity index (χ3v) is 7.08. The van der Waals surface area contributed by atoms with Gasteiger partial charge >= 0.3 is 0 Å². The minimum Gasteiger partial charge on any atom is -0.323 e. The number of carbonyl (C=O) groups is 1. The summed E-state index contributed by atoms with van der Waals surface area (Å²) in [6.45, 7) is 3.46. The molecule has 0 unspecified atom stereocenters. The lowest BCUT2D eigenvalue weighted by molar-refractivity contribution is -0.114. The van der Waals surface area contributed by atoms with E-state index in [0.29, 0.717) is 21.4 Å². The lowest BCUT2D eigenvalue weighted by atomic mass is 10.1. The summed E-state index contributed by atoms with van der Waals surface area (Å²) in [5, 5.41) is 3.35. The molecule has 0 radical (unpaired) electrons. The molecule has 0 saturated heterocycles. The number of anilines is 2. The first kappa shape index (κ1) is 23.1. The van der Waals surface area contributed by atoms with E-state index in [4.69, 9.17) is 23.2 Å². The largest absolute Gasteiger partial charge is 0.323 e. The first-order chi connectivity index (χ1) is 14.7. The van der Waals surface area contributed by atoms with Crippen molar-refractivity contribution in [1.82, 2.24) is 0 Å². The number of hydrogen-bond acceptors (Lipinski definition) is 3. The predicted octanol–water partition coefficient (Wildman–Crippen LogP) is 5.70. The molecule has 31 heavy (non-hydrogen) atoms. The first-order valence-electron chi connectivity index (χ1n) is 9.64. The van der Waals surface area contributed by atoms with E-state index < -0.39 is 22.5 Å². The summed E-state index contributed by atoms with van der Waals surface area (Å²) in [6, 6.07) is 18.3. The fraction of sp³-hybridized carbons (Fsp3) is 0.174. The second kappa shape index (κ2) is 9.73. The Labute approximate surface area is 192 Å². The molecule has 162 valence electrons. The van der Waals surface area contributed by atoms with Crippen LogP contribution in [0.1, 0.15) is 18.1 Å². The fourth-order valence-electron chi connectivity index (χ4n) is 2.96. The molecule has 1 amide bonds. The highest BCUT2D eigenvalue weighted by Gasteiger charge is 2.27. The van der Waals surface area contributed by atoms with Gasteiger partial charge in [-0.2, -0.15) is 0 Å². The summed E-state index contributed by atoms with van der Waals surface area (Å²) in [5.41, 5.74) is 2.70. The molecule has 0 spiro atoms. The molecule has 0 heterocycles. The van der Waals surface area contributed by atoms with Crippen LogP contribution in [-0.2, 0) is 21.2 Å². The molecule has 3 aromatic carbocycles. The number of aryl methyl sites for hydroxylation is 2. The molecule has 0 fully saturated rings. The summed E-state index contributed by atoms with van der Waals surface area (Å²) in [4.78, 5) is 12.9. The fourth-order valence-corrected chi connectivity index (χ4v) is 4.72. The number of nitrogens with zero attached hydrogens (tertiary/aromatic N) is 1. The number of sulfonamides is 1. The van der Waals surface area contributed by atoms with Gasteiger partial charge < -0.3 is 5.32 Å². The van der Waals surface area contributed by atoms with Crippen LogP contribution in [0.25, 0.3) is 0 Å². The highest BCUT2D eigenvalue weighted by molar-refractivity contribution is 7.92. The van der Waals surface area contributed by atoms with Gasteiger partial charge in [0, 0.05) is 5.02 Å². The minimum atomic E-state index is -3.98. The van der Waals surface area contributed by atoms with Crippen molar-refractivity contribution in [2.75, 3.05) is 16.2 Å². The van der Waals surface area contributed by atoms with Crippen molar-refractivity contribution in [3.8, 4) is 0 Å². The van der Waals surface area contributed by atoms with E-state index in [1.807, 2.05) is 26.0 Å². The average molecular weight is 477 g/mol. The monoisotopic (exact) mass is 476 g/mol. The van der Waals surface area contributed by atoms with Crippen molar-refractivity contribution < 1.29 is 13.2 Å². The Bertz CT molecular complexity index is 1180. The quantitative estimate of drug-likeness (QED) is 0.475.